The van der Waals surface area contributed by atoms with Crippen LogP contribution in [0.3, 0.4) is 0 Å². The zero-order chi connectivity index (χ0) is 12.5. The van der Waals surface area contributed by atoms with Gasteiger partial charge >= 0.3 is 6.18 Å². The van der Waals surface area contributed by atoms with E-state index in [0.717, 1.165) is 17.6 Å². The highest BCUT2D eigenvalue weighted by Crippen LogP contribution is 2.35. The fourth-order valence-electron chi connectivity index (χ4n) is 1.44. The zero-order valence-corrected chi connectivity index (χ0v) is 9.16. The second kappa shape index (κ2) is 4.42. The molecule has 0 saturated carbocycles. The van der Waals surface area contributed by atoms with E-state index in [1.54, 1.807) is 0 Å². The minimum absolute atomic E-state index is 0.117. The molecule has 0 aliphatic carbocycles. The molecular formula is C10H7F3N2OS. The van der Waals surface area contributed by atoms with Gasteiger partial charge in [0, 0.05) is 5.38 Å². The van der Waals surface area contributed by atoms with Gasteiger partial charge in [-0.3, -0.25) is 0 Å². The van der Waals surface area contributed by atoms with Crippen molar-refractivity contribution in [2.75, 3.05) is 0 Å². The normalized spacial score (nSPS) is 13.6. The first-order chi connectivity index (χ1) is 8.00. The van der Waals surface area contributed by atoms with Gasteiger partial charge in [0.2, 0.25) is 0 Å². The van der Waals surface area contributed by atoms with Crippen molar-refractivity contribution in [1.82, 2.24) is 9.59 Å². The summed E-state index contributed by atoms with van der Waals surface area (Å²) >= 11 is 0.974. The molecule has 3 nitrogen and oxygen atoms in total. The highest BCUT2D eigenvalue weighted by molar-refractivity contribution is 7.03. The van der Waals surface area contributed by atoms with Crippen LogP contribution in [0.15, 0.2) is 29.6 Å². The molecule has 0 saturated heterocycles. The van der Waals surface area contributed by atoms with Gasteiger partial charge in [0.25, 0.3) is 0 Å². The molecule has 2 rings (SSSR count). The maximum Gasteiger partial charge on any atom is 0.416 e. The van der Waals surface area contributed by atoms with Crippen LogP contribution in [0.4, 0.5) is 13.2 Å². The molecule has 1 heterocycles. The maximum atomic E-state index is 12.7. The molecule has 1 unspecified atom stereocenters. The van der Waals surface area contributed by atoms with Gasteiger partial charge in [-0.1, -0.05) is 22.7 Å². The Hall–Kier alpha value is -1.47. The first kappa shape index (κ1) is 12.0. The number of alkyl halides is 3. The standard InChI is InChI=1S/C10H7F3N2OS/c11-10(12,13)7-4-2-1-3-6(7)9(16)8-5-17-15-14-8/h1-5,9,16H. The summed E-state index contributed by atoms with van der Waals surface area (Å²) in [6, 6.07) is 4.87. The van der Waals surface area contributed by atoms with E-state index < -0.39 is 17.8 Å². The second-order valence-corrected chi connectivity index (χ2v) is 3.93. The largest absolute Gasteiger partial charge is 0.416 e. The average molecular weight is 260 g/mol. The van der Waals surface area contributed by atoms with Crippen molar-refractivity contribution in [1.29, 1.82) is 0 Å². The molecule has 90 valence electrons. The van der Waals surface area contributed by atoms with Gasteiger partial charge in [-0.2, -0.15) is 13.2 Å². The highest BCUT2D eigenvalue weighted by atomic mass is 32.1. The van der Waals surface area contributed by atoms with E-state index in [9.17, 15) is 18.3 Å². The van der Waals surface area contributed by atoms with Crippen molar-refractivity contribution in [3.8, 4) is 0 Å². The van der Waals surface area contributed by atoms with Crippen molar-refractivity contribution in [2.24, 2.45) is 0 Å². The number of hydrogen-bond acceptors (Lipinski definition) is 4. The summed E-state index contributed by atoms with van der Waals surface area (Å²) < 4.78 is 41.6. The number of benzene rings is 1. The van der Waals surface area contributed by atoms with Crippen molar-refractivity contribution >= 4 is 11.5 Å². The fraction of sp³-hybridized carbons (Fsp3) is 0.200. The zero-order valence-electron chi connectivity index (χ0n) is 8.35. The Labute approximate surface area is 98.7 Å². The summed E-state index contributed by atoms with van der Waals surface area (Å²) in [5.41, 5.74) is -0.958. The Bertz CT molecular complexity index is 499. The molecule has 0 aliphatic heterocycles. The number of aliphatic hydroxyl groups is 1. The number of aromatic nitrogens is 2. The van der Waals surface area contributed by atoms with Crippen molar-refractivity contribution < 1.29 is 18.3 Å². The highest BCUT2D eigenvalue weighted by Gasteiger charge is 2.35. The Kier molecular flexibility index (Phi) is 3.12. The van der Waals surface area contributed by atoms with Crippen LogP contribution < -0.4 is 0 Å². The molecular weight excluding hydrogens is 253 g/mol. The SMILES string of the molecule is OC(c1csnn1)c1ccccc1C(F)(F)F. The Morgan fingerprint density at radius 2 is 1.94 bits per heavy atom. The lowest BCUT2D eigenvalue weighted by Gasteiger charge is -2.15. The Morgan fingerprint density at radius 1 is 1.24 bits per heavy atom. The van der Waals surface area contributed by atoms with Gasteiger partial charge < -0.3 is 5.11 Å². The van der Waals surface area contributed by atoms with Gasteiger partial charge in [0.05, 0.1) is 5.56 Å². The molecule has 17 heavy (non-hydrogen) atoms. The van der Waals surface area contributed by atoms with Crippen molar-refractivity contribution in [3.63, 3.8) is 0 Å². The molecule has 0 aliphatic rings. The third-order valence-corrected chi connectivity index (χ3v) is 2.74. The Balaban J connectivity index is 2.46. The number of halogens is 3. The number of rotatable bonds is 2. The number of nitrogens with zero attached hydrogens (tertiary/aromatic N) is 2. The van der Waals surface area contributed by atoms with E-state index in [0.29, 0.717) is 0 Å². The van der Waals surface area contributed by atoms with Crippen LogP contribution in [0.25, 0.3) is 0 Å². The fourth-order valence-corrected chi connectivity index (χ4v) is 1.92. The van der Waals surface area contributed by atoms with E-state index in [-0.39, 0.29) is 11.3 Å². The summed E-state index contributed by atoms with van der Waals surface area (Å²) in [5, 5.41) is 14.8. The lowest BCUT2D eigenvalue weighted by atomic mass is 10.0. The smallest absolute Gasteiger partial charge is 0.382 e. The van der Waals surface area contributed by atoms with E-state index in [4.69, 9.17) is 0 Å². The van der Waals surface area contributed by atoms with Crippen LogP contribution in [-0.2, 0) is 6.18 Å². The summed E-state index contributed by atoms with van der Waals surface area (Å²) in [5.74, 6) is 0. The van der Waals surface area contributed by atoms with Crippen molar-refractivity contribution in [3.05, 3.63) is 46.5 Å². The molecule has 0 bridgehead atoms. The third kappa shape index (κ3) is 2.45. The minimum atomic E-state index is -4.50. The molecule has 0 radical (unpaired) electrons. The molecule has 1 aromatic heterocycles. The molecule has 1 atom stereocenters. The predicted octanol–water partition coefficient (Wildman–Crippen LogP) is 2.64. The van der Waals surface area contributed by atoms with Crippen LogP contribution in [0.5, 0.6) is 0 Å². The molecule has 1 N–H and O–H groups in total. The maximum absolute atomic E-state index is 12.7. The summed E-state index contributed by atoms with van der Waals surface area (Å²) in [6.45, 7) is 0. The van der Waals surface area contributed by atoms with Crippen molar-refractivity contribution in [2.45, 2.75) is 12.3 Å². The number of hydrogen-bond donors (Lipinski definition) is 1. The predicted molar refractivity (Wildman–Crippen MR) is 55.4 cm³/mol. The summed E-state index contributed by atoms with van der Waals surface area (Å²) in [4.78, 5) is 0. The first-order valence-corrected chi connectivity index (χ1v) is 5.45. The molecule has 0 amide bonds. The molecule has 1 aromatic carbocycles. The van der Waals surface area contributed by atoms with Crippen LogP contribution in [0.2, 0.25) is 0 Å². The lowest BCUT2D eigenvalue weighted by molar-refractivity contribution is -0.139. The average Bonchev–Trinajstić information content (AvgIpc) is 2.80. The van der Waals surface area contributed by atoms with Gasteiger partial charge in [-0.25, -0.2) is 0 Å². The quantitative estimate of drug-likeness (QED) is 0.902. The molecule has 0 fully saturated rings. The van der Waals surface area contributed by atoms with Gasteiger partial charge in [-0.15, -0.1) is 5.10 Å². The first-order valence-electron chi connectivity index (χ1n) is 4.61. The molecule has 0 spiro atoms. The van der Waals surface area contributed by atoms with Crippen LogP contribution in [-0.4, -0.2) is 14.7 Å². The lowest BCUT2D eigenvalue weighted by Crippen LogP contribution is -2.12. The van der Waals surface area contributed by atoms with Crippen LogP contribution >= 0.6 is 11.5 Å². The van der Waals surface area contributed by atoms with Gasteiger partial charge in [0.15, 0.2) is 0 Å². The molecule has 2 aromatic rings. The van der Waals surface area contributed by atoms with Crippen LogP contribution in [0, 0.1) is 0 Å². The second-order valence-electron chi connectivity index (χ2n) is 3.32. The monoisotopic (exact) mass is 260 g/mol. The minimum Gasteiger partial charge on any atom is -0.382 e. The molecule has 7 heteroatoms. The topological polar surface area (TPSA) is 46.0 Å². The summed E-state index contributed by atoms with van der Waals surface area (Å²) in [6.07, 6.45) is -5.91. The van der Waals surface area contributed by atoms with Gasteiger partial charge in [0.1, 0.15) is 11.8 Å². The summed E-state index contributed by atoms with van der Waals surface area (Å²) in [7, 11) is 0. The van der Waals surface area contributed by atoms with Crippen LogP contribution in [0.1, 0.15) is 22.9 Å². The van der Waals surface area contributed by atoms with E-state index in [1.165, 1.54) is 23.6 Å². The van der Waals surface area contributed by atoms with E-state index in [2.05, 4.69) is 9.59 Å². The van der Waals surface area contributed by atoms with Gasteiger partial charge in [-0.05, 0) is 23.2 Å². The van der Waals surface area contributed by atoms with E-state index in [1.807, 2.05) is 0 Å². The number of aliphatic hydroxyl groups excluding tert-OH is 1. The third-order valence-electron chi connectivity index (χ3n) is 2.22. The Morgan fingerprint density at radius 3 is 2.53 bits per heavy atom. The van der Waals surface area contributed by atoms with E-state index >= 15 is 0 Å².